The minimum Gasteiger partial charge on any atom is -0.504 e. The van der Waals surface area contributed by atoms with Gasteiger partial charge in [0, 0.05) is 5.25 Å². The summed E-state index contributed by atoms with van der Waals surface area (Å²) in [4.78, 5) is 0. The molecule has 0 saturated heterocycles. The lowest BCUT2D eigenvalue weighted by molar-refractivity contribution is 0.403. The number of aromatic hydroxyl groups is 2. The quantitative estimate of drug-likeness (QED) is 0.344. The third-order valence-corrected chi connectivity index (χ3v) is 5.59. The molecule has 1 atom stereocenters. The van der Waals surface area contributed by atoms with Crippen LogP contribution in [0.1, 0.15) is 82.4 Å². The van der Waals surface area contributed by atoms with Gasteiger partial charge in [0.1, 0.15) is 0 Å². The second-order valence-electron chi connectivity index (χ2n) is 5.99. The number of phenols is 2. The lowest BCUT2D eigenvalue weighted by Gasteiger charge is -2.15. The highest BCUT2D eigenvalue weighted by atomic mass is 32.2. The molecule has 2 N–H and O–H groups in total. The van der Waals surface area contributed by atoms with Gasteiger partial charge < -0.3 is 10.2 Å². The molecule has 0 aromatic heterocycles. The molecular formula is C19H32O2S. The van der Waals surface area contributed by atoms with Crippen molar-refractivity contribution in [3.8, 4) is 11.5 Å². The molecule has 1 unspecified atom stereocenters. The Morgan fingerprint density at radius 3 is 2.09 bits per heavy atom. The maximum absolute atomic E-state index is 9.62. The summed E-state index contributed by atoms with van der Waals surface area (Å²) in [5.41, 5.74) is 1.11. The molecule has 1 aromatic carbocycles. The average Bonchev–Trinajstić information content (AvgIpc) is 2.52. The highest BCUT2D eigenvalue weighted by Gasteiger charge is 2.11. The number of hydrogen-bond acceptors (Lipinski definition) is 3. The Kier molecular flexibility index (Phi) is 10.2. The van der Waals surface area contributed by atoms with Crippen LogP contribution in [-0.2, 0) is 0 Å². The Bertz CT molecular complexity index is 406. The van der Waals surface area contributed by atoms with Crippen molar-refractivity contribution < 1.29 is 10.2 Å². The normalized spacial score (nSPS) is 12.5. The lowest BCUT2D eigenvalue weighted by atomic mass is 10.1. The minimum atomic E-state index is -0.0355. The Hall–Kier alpha value is -0.830. The summed E-state index contributed by atoms with van der Waals surface area (Å²) in [6.07, 6.45) is 11.9. The zero-order valence-electron chi connectivity index (χ0n) is 14.2. The maximum atomic E-state index is 9.62. The molecule has 2 nitrogen and oxygen atoms in total. The van der Waals surface area contributed by atoms with Crippen molar-refractivity contribution in [2.24, 2.45) is 0 Å². The highest BCUT2D eigenvalue weighted by Crippen LogP contribution is 2.36. The number of thioether (sulfide) groups is 1. The van der Waals surface area contributed by atoms with Gasteiger partial charge in [-0.3, -0.25) is 0 Å². The maximum Gasteiger partial charge on any atom is 0.157 e. The van der Waals surface area contributed by atoms with Crippen molar-refractivity contribution in [2.75, 3.05) is 5.75 Å². The van der Waals surface area contributed by atoms with Crippen molar-refractivity contribution in [3.05, 3.63) is 23.8 Å². The van der Waals surface area contributed by atoms with Gasteiger partial charge in [-0.1, -0.05) is 64.9 Å². The third kappa shape index (κ3) is 7.44. The summed E-state index contributed by atoms with van der Waals surface area (Å²) < 4.78 is 0. The molecule has 126 valence electrons. The van der Waals surface area contributed by atoms with Crippen molar-refractivity contribution >= 4 is 11.8 Å². The van der Waals surface area contributed by atoms with Crippen LogP contribution in [0.15, 0.2) is 18.2 Å². The van der Waals surface area contributed by atoms with Crippen molar-refractivity contribution in [1.82, 2.24) is 0 Å². The van der Waals surface area contributed by atoms with Gasteiger partial charge >= 0.3 is 0 Å². The number of unbranched alkanes of at least 4 members (excludes halogenated alkanes) is 7. The van der Waals surface area contributed by atoms with Gasteiger partial charge in [-0.05, 0) is 36.3 Å². The van der Waals surface area contributed by atoms with E-state index < -0.39 is 0 Å². The van der Waals surface area contributed by atoms with Gasteiger partial charge in [0.25, 0.3) is 0 Å². The molecule has 1 aromatic rings. The van der Waals surface area contributed by atoms with Crippen LogP contribution in [0.4, 0.5) is 0 Å². The Morgan fingerprint density at radius 2 is 1.50 bits per heavy atom. The van der Waals surface area contributed by atoms with Crippen LogP contribution in [0.25, 0.3) is 0 Å². The summed E-state index contributed by atoms with van der Waals surface area (Å²) in [6.45, 7) is 4.44. The number of rotatable bonds is 12. The van der Waals surface area contributed by atoms with Crippen molar-refractivity contribution in [2.45, 2.75) is 76.9 Å². The first-order valence-electron chi connectivity index (χ1n) is 8.82. The van der Waals surface area contributed by atoms with Gasteiger partial charge in [0.2, 0.25) is 0 Å². The first-order valence-corrected chi connectivity index (χ1v) is 9.87. The molecule has 0 aliphatic heterocycles. The average molecular weight is 325 g/mol. The van der Waals surface area contributed by atoms with E-state index in [0.29, 0.717) is 5.25 Å². The molecule has 0 aliphatic carbocycles. The van der Waals surface area contributed by atoms with Crippen molar-refractivity contribution in [3.63, 3.8) is 0 Å². The fraction of sp³-hybridized carbons (Fsp3) is 0.684. The van der Waals surface area contributed by atoms with Crippen LogP contribution in [0.3, 0.4) is 0 Å². The number of hydrogen-bond donors (Lipinski definition) is 2. The van der Waals surface area contributed by atoms with Crippen LogP contribution in [0, 0.1) is 0 Å². The third-order valence-electron chi connectivity index (χ3n) is 4.06. The fourth-order valence-corrected chi connectivity index (χ4v) is 3.88. The van der Waals surface area contributed by atoms with Gasteiger partial charge in [-0.2, -0.15) is 11.8 Å². The van der Waals surface area contributed by atoms with Gasteiger partial charge in [0.15, 0.2) is 11.5 Å². The minimum absolute atomic E-state index is 0.0105. The summed E-state index contributed by atoms with van der Waals surface area (Å²) in [5, 5.41) is 19.4. The van der Waals surface area contributed by atoms with Gasteiger partial charge in [-0.15, -0.1) is 0 Å². The van der Waals surface area contributed by atoms with E-state index in [-0.39, 0.29) is 11.5 Å². The molecule has 1 rings (SSSR count). The zero-order chi connectivity index (χ0) is 16.2. The Labute approximate surface area is 140 Å². The Morgan fingerprint density at radius 1 is 0.864 bits per heavy atom. The number of benzene rings is 1. The second kappa shape index (κ2) is 11.7. The number of phenolic OH excluding ortho intramolecular Hbond substituents is 2. The molecule has 0 aliphatic rings. The first kappa shape index (κ1) is 19.2. The second-order valence-corrected chi connectivity index (χ2v) is 7.30. The van der Waals surface area contributed by atoms with Crippen LogP contribution < -0.4 is 0 Å². The highest BCUT2D eigenvalue weighted by molar-refractivity contribution is 7.99. The molecule has 0 fully saturated rings. The van der Waals surface area contributed by atoms with Crippen LogP contribution in [0.2, 0.25) is 0 Å². The SMILES string of the molecule is CCCCCCCCCCSC(CC)c1ccc(O)c(O)c1. The molecule has 0 amide bonds. The van der Waals surface area contributed by atoms with E-state index in [1.165, 1.54) is 57.1 Å². The molecular weight excluding hydrogens is 292 g/mol. The van der Waals surface area contributed by atoms with E-state index in [9.17, 15) is 10.2 Å². The first-order chi connectivity index (χ1) is 10.7. The molecule has 0 bridgehead atoms. The lowest BCUT2D eigenvalue weighted by Crippen LogP contribution is -1.94. The molecule has 3 heteroatoms. The summed E-state index contributed by atoms with van der Waals surface area (Å²) in [6, 6.07) is 5.21. The van der Waals surface area contributed by atoms with Gasteiger partial charge in [-0.25, -0.2) is 0 Å². The standard InChI is InChI=1S/C19H32O2S/c1-3-5-6-7-8-9-10-11-14-22-19(4-2)16-12-13-17(20)18(21)15-16/h12-13,15,19-21H,3-11,14H2,1-2H3. The van der Waals surface area contributed by atoms with E-state index in [4.69, 9.17) is 0 Å². The fourth-order valence-electron chi connectivity index (χ4n) is 2.65. The van der Waals surface area contributed by atoms with Crippen LogP contribution in [0.5, 0.6) is 11.5 Å². The topological polar surface area (TPSA) is 40.5 Å². The van der Waals surface area contributed by atoms with Crippen LogP contribution >= 0.6 is 11.8 Å². The zero-order valence-corrected chi connectivity index (χ0v) is 15.0. The summed E-state index contributed by atoms with van der Waals surface area (Å²) in [7, 11) is 0. The summed E-state index contributed by atoms with van der Waals surface area (Å²) >= 11 is 1.97. The molecule has 0 saturated carbocycles. The largest absolute Gasteiger partial charge is 0.504 e. The van der Waals surface area contributed by atoms with Crippen molar-refractivity contribution in [1.29, 1.82) is 0 Å². The summed E-state index contributed by atoms with van der Waals surface area (Å²) in [5.74, 6) is 1.13. The predicted molar refractivity (Wildman–Crippen MR) is 97.9 cm³/mol. The van der Waals surface area contributed by atoms with Crippen LogP contribution in [-0.4, -0.2) is 16.0 Å². The van der Waals surface area contributed by atoms with E-state index in [1.807, 2.05) is 17.8 Å². The molecule has 0 spiro atoms. The van der Waals surface area contributed by atoms with Gasteiger partial charge in [0.05, 0.1) is 0 Å². The predicted octanol–water partition coefficient (Wildman–Crippen LogP) is 6.42. The molecule has 22 heavy (non-hydrogen) atoms. The van der Waals surface area contributed by atoms with E-state index in [0.717, 1.165) is 12.0 Å². The smallest absolute Gasteiger partial charge is 0.157 e. The van der Waals surface area contributed by atoms with E-state index in [2.05, 4.69) is 13.8 Å². The molecule has 0 radical (unpaired) electrons. The molecule has 0 heterocycles. The van der Waals surface area contributed by atoms with E-state index >= 15 is 0 Å². The van der Waals surface area contributed by atoms with E-state index in [1.54, 1.807) is 12.1 Å². The monoisotopic (exact) mass is 324 g/mol. The Balaban J connectivity index is 2.17.